The van der Waals surface area contributed by atoms with Gasteiger partial charge in [-0.15, -0.1) is 11.3 Å². The van der Waals surface area contributed by atoms with E-state index in [1.807, 2.05) is 6.92 Å². The van der Waals surface area contributed by atoms with E-state index in [4.69, 9.17) is 5.11 Å². The summed E-state index contributed by atoms with van der Waals surface area (Å²) >= 11 is 1.43. The standard InChI is InChI=1S/C15H18N2O4S2/c1-9-5-12(15(18)19)6-14(10(9)2)23(20,21)17(4)8-13-7-16-11(3)22-13/h5-7H,8H2,1-4H3,(H,18,19). The van der Waals surface area contributed by atoms with Gasteiger partial charge >= 0.3 is 5.97 Å². The third-order valence-corrected chi connectivity index (χ3v) is 6.43. The van der Waals surface area contributed by atoms with Crippen LogP contribution in [-0.4, -0.2) is 35.8 Å². The topological polar surface area (TPSA) is 87.6 Å². The number of carboxylic acid groups (broad SMARTS) is 1. The summed E-state index contributed by atoms with van der Waals surface area (Å²) < 4.78 is 26.8. The molecule has 124 valence electrons. The van der Waals surface area contributed by atoms with Crippen LogP contribution in [-0.2, 0) is 16.6 Å². The summed E-state index contributed by atoms with van der Waals surface area (Å²) in [6, 6.07) is 2.69. The highest BCUT2D eigenvalue weighted by Crippen LogP contribution is 2.25. The van der Waals surface area contributed by atoms with E-state index in [9.17, 15) is 13.2 Å². The molecule has 0 aliphatic heterocycles. The van der Waals surface area contributed by atoms with Crippen molar-refractivity contribution in [2.75, 3.05) is 7.05 Å². The first kappa shape index (κ1) is 17.6. The van der Waals surface area contributed by atoms with Crippen molar-refractivity contribution in [1.82, 2.24) is 9.29 Å². The van der Waals surface area contributed by atoms with E-state index in [0.29, 0.717) is 11.1 Å². The summed E-state index contributed by atoms with van der Waals surface area (Å²) in [6.07, 6.45) is 1.65. The molecule has 1 heterocycles. The Balaban J connectivity index is 2.44. The lowest BCUT2D eigenvalue weighted by Crippen LogP contribution is -2.27. The van der Waals surface area contributed by atoms with Crippen molar-refractivity contribution in [2.45, 2.75) is 32.2 Å². The summed E-state index contributed by atoms with van der Waals surface area (Å²) in [5, 5.41) is 10.0. The highest BCUT2D eigenvalue weighted by molar-refractivity contribution is 7.89. The summed E-state index contributed by atoms with van der Waals surface area (Å²) in [6.45, 7) is 5.43. The van der Waals surface area contributed by atoms with Gasteiger partial charge in [0, 0.05) is 24.7 Å². The first-order valence-electron chi connectivity index (χ1n) is 6.85. The normalized spacial score (nSPS) is 11.9. The number of aromatic nitrogens is 1. The van der Waals surface area contributed by atoms with Crippen LogP contribution in [0.3, 0.4) is 0 Å². The average molecular weight is 354 g/mol. The molecule has 1 aromatic carbocycles. The van der Waals surface area contributed by atoms with Crippen LogP contribution in [0.2, 0.25) is 0 Å². The Morgan fingerprint density at radius 2 is 1.96 bits per heavy atom. The van der Waals surface area contributed by atoms with Gasteiger partial charge in [0.2, 0.25) is 10.0 Å². The van der Waals surface area contributed by atoms with E-state index in [1.165, 1.54) is 34.8 Å². The van der Waals surface area contributed by atoms with Gasteiger partial charge in [0.15, 0.2) is 0 Å². The summed E-state index contributed by atoms with van der Waals surface area (Å²) in [7, 11) is -2.31. The molecule has 2 rings (SSSR count). The second kappa shape index (κ2) is 6.38. The van der Waals surface area contributed by atoms with Crippen LogP contribution in [0.25, 0.3) is 0 Å². The number of nitrogens with zero attached hydrogens (tertiary/aromatic N) is 2. The average Bonchev–Trinajstić information content (AvgIpc) is 2.86. The molecule has 0 amide bonds. The summed E-state index contributed by atoms with van der Waals surface area (Å²) in [5.41, 5.74) is 1.15. The third kappa shape index (κ3) is 3.60. The molecule has 2 aromatic rings. The monoisotopic (exact) mass is 354 g/mol. The van der Waals surface area contributed by atoms with Crippen molar-refractivity contribution in [3.05, 3.63) is 44.9 Å². The van der Waals surface area contributed by atoms with Gasteiger partial charge in [0.1, 0.15) is 0 Å². The number of aromatic carboxylic acids is 1. The maximum atomic E-state index is 12.8. The lowest BCUT2D eigenvalue weighted by Gasteiger charge is -2.19. The van der Waals surface area contributed by atoms with E-state index in [2.05, 4.69) is 4.98 Å². The molecule has 0 atom stereocenters. The van der Waals surface area contributed by atoms with Gasteiger partial charge in [-0.2, -0.15) is 4.31 Å². The molecule has 0 fully saturated rings. The molecular weight excluding hydrogens is 336 g/mol. The highest BCUT2D eigenvalue weighted by atomic mass is 32.2. The Kier molecular flexibility index (Phi) is 4.88. The highest BCUT2D eigenvalue weighted by Gasteiger charge is 2.25. The molecule has 1 N–H and O–H groups in total. The van der Waals surface area contributed by atoms with Crippen LogP contribution in [0.15, 0.2) is 23.2 Å². The van der Waals surface area contributed by atoms with Gasteiger partial charge in [-0.3, -0.25) is 0 Å². The number of benzene rings is 1. The van der Waals surface area contributed by atoms with E-state index in [-0.39, 0.29) is 17.0 Å². The van der Waals surface area contributed by atoms with Gasteiger partial charge in [0.05, 0.1) is 15.5 Å². The van der Waals surface area contributed by atoms with E-state index >= 15 is 0 Å². The molecule has 0 bridgehead atoms. The predicted molar refractivity (Wildman–Crippen MR) is 88.4 cm³/mol. The molecule has 0 saturated heterocycles. The van der Waals surface area contributed by atoms with Crippen LogP contribution >= 0.6 is 11.3 Å². The maximum absolute atomic E-state index is 12.8. The molecule has 6 nitrogen and oxygen atoms in total. The summed E-state index contributed by atoms with van der Waals surface area (Å²) in [5.74, 6) is -1.15. The van der Waals surface area contributed by atoms with E-state index in [1.54, 1.807) is 20.0 Å². The second-order valence-corrected chi connectivity index (χ2v) is 8.66. The SMILES string of the molecule is Cc1ncc(CN(C)S(=O)(=O)c2cc(C(=O)O)cc(C)c2C)s1. The maximum Gasteiger partial charge on any atom is 0.335 e. The van der Waals surface area contributed by atoms with Crippen LogP contribution in [0.4, 0.5) is 0 Å². The zero-order valence-electron chi connectivity index (χ0n) is 13.3. The minimum atomic E-state index is -3.79. The fraction of sp³-hybridized carbons (Fsp3) is 0.333. The molecule has 0 spiro atoms. The lowest BCUT2D eigenvalue weighted by atomic mass is 10.1. The minimum Gasteiger partial charge on any atom is -0.478 e. The number of hydrogen-bond donors (Lipinski definition) is 1. The number of sulfonamides is 1. The predicted octanol–water partition coefficient (Wildman–Crippen LogP) is 2.59. The second-order valence-electron chi connectivity index (χ2n) is 5.33. The molecule has 8 heteroatoms. The zero-order chi connectivity index (χ0) is 17.4. The summed E-state index contributed by atoms with van der Waals surface area (Å²) in [4.78, 5) is 16.2. The largest absolute Gasteiger partial charge is 0.478 e. The number of rotatable bonds is 5. The molecule has 0 aliphatic rings. The van der Waals surface area contributed by atoms with Crippen molar-refractivity contribution in [3.8, 4) is 0 Å². The Bertz CT molecular complexity index is 856. The van der Waals surface area contributed by atoms with Crippen molar-refractivity contribution >= 4 is 27.3 Å². The molecule has 0 unspecified atom stereocenters. The first-order valence-corrected chi connectivity index (χ1v) is 9.10. The Labute approximate surface area is 139 Å². The molecule has 0 radical (unpaired) electrons. The van der Waals surface area contributed by atoms with Crippen molar-refractivity contribution in [2.24, 2.45) is 0 Å². The fourth-order valence-corrected chi connectivity index (χ4v) is 4.57. The Morgan fingerprint density at radius 1 is 1.30 bits per heavy atom. The molecule has 1 aromatic heterocycles. The van der Waals surface area contributed by atoms with Crippen molar-refractivity contribution < 1.29 is 18.3 Å². The lowest BCUT2D eigenvalue weighted by molar-refractivity contribution is 0.0696. The van der Waals surface area contributed by atoms with Crippen molar-refractivity contribution in [1.29, 1.82) is 0 Å². The van der Waals surface area contributed by atoms with Crippen LogP contribution in [0.5, 0.6) is 0 Å². The van der Waals surface area contributed by atoms with Gasteiger partial charge in [-0.1, -0.05) is 0 Å². The Hall–Kier alpha value is -1.77. The van der Waals surface area contributed by atoms with Gasteiger partial charge in [-0.05, 0) is 44.0 Å². The number of carboxylic acids is 1. The van der Waals surface area contributed by atoms with Crippen molar-refractivity contribution in [3.63, 3.8) is 0 Å². The van der Waals surface area contributed by atoms with E-state index < -0.39 is 16.0 Å². The molecular formula is C15H18N2O4S2. The molecule has 0 aliphatic carbocycles. The number of aryl methyl sites for hydroxylation is 2. The fourth-order valence-electron chi connectivity index (χ4n) is 2.17. The number of hydrogen-bond acceptors (Lipinski definition) is 5. The van der Waals surface area contributed by atoms with Crippen LogP contribution in [0.1, 0.15) is 31.4 Å². The van der Waals surface area contributed by atoms with Gasteiger partial charge in [-0.25, -0.2) is 18.2 Å². The Morgan fingerprint density at radius 3 is 2.48 bits per heavy atom. The third-order valence-electron chi connectivity index (χ3n) is 3.60. The smallest absolute Gasteiger partial charge is 0.335 e. The number of thiazole rings is 1. The van der Waals surface area contributed by atoms with Gasteiger partial charge < -0.3 is 5.11 Å². The van der Waals surface area contributed by atoms with Crippen LogP contribution in [0, 0.1) is 20.8 Å². The minimum absolute atomic E-state index is 0.0265. The van der Waals surface area contributed by atoms with Crippen LogP contribution < -0.4 is 0 Å². The zero-order valence-corrected chi connectivity index (χ0v) is 15.0. The quantitative estimate of drug-likeness (QED) is 0.892. The van der Waals surface area contributed by atoms with Gasteiger partial charge in [0.25, 0.3) is 0 Å². The first-order chi connectivity index (χ1) is 10.6. The number of carbonyl (C=O) groups is 1. The van der Waals surface area contributed by atoms with E-state index in [0.717, 1.165) is 9.88 Å². The molecule has 23 heavy (non-hydrogen) atoms. The molecule has 0 saturated carbocycles.